The molecule has 0 N–H and O–H groups in total. The average Bonchev–Trinajstić information content (AvgIpc) is 3.47. The number of ether oxygens (including phenoxy) is 1. The van der Waals surface area contributed by atoms with E-state index in [1.807, 2.05) is 4.68 Å². The van der Waals surface area contributed by atoms with Crippen molar-refractivity contribution in [1.82, 2.24) is 23.9 Å². The van der Waals surface area contributed by atoms with Crippen LogP contribution in [0.3, 0.4) is 0 Å². The summed E-state index contributed by atoms with van der Waals surface area (Å²) in [6, 6.07) is 6.53. The van der Waals surface area contributed by atoms with Crippen LogP contribution in [0.2, 0.25) is 5.02 Å². The van der Waals surface area contributed by atoms with Crippen LogP contribution in [0.5, 0.6) is 5.75 Å². The van der Waals surface area contributed by atoms with Gasteiger partial charge in [0.2, 0.25) is 0 Å². The fraction of sp³-hybridized carbons (Fsp3) is 0.240. The zero-order chi connectivity index (χ0) is 25.8. The van der Waals surface area contributed by atoms with Gasteiger partial charge in [-0.1, -0.05) is 11.6 Å². The van der Waals surface area contributed by atoms with Gasteiger partial charge in [0.05, 0.1) is 59.8 Å². The van der Waals surface area contributed by atoms with Gasteiger partial charge in [0.15, 0.2) is 11.6 Å². The number of aryl methyl sites for hydroxylation is 1. The Labute approximate surface area is 217 Å². The van der Waals surface area contributed by atoms with Gasteiger partial charge in [-0.05, 0) is 31.0 Å². The monoisotopic (exact) mass is 536 g/mol. The van der Waals surface area contributed by atoms with Gasteiger partial charge < -0.3 is 4.74 Å². The topological polar surface area (TPSA) is 108 Å². The summed E-state index contributed by atoms with van der Waals surface area (Å²) in [6.45, 7) is 0.0774. The highest BCUT2D eigenvalue weighted by atomic mass is 35.5. The van der Waals surface area contributed by atoms with E-state index < -0.39 is 17.1 Å². The molecular weight excluding hydrogens is 519 g/mol. The highest BCUT2D eigenvalue weighted by Crippen LogP contribution is 2.40. The third-order valence-electron chi connectivity index (χ3n) is 6.39. The van der Waals surface area contributed by atoms with Crippen molar-refractivity contribution < 1.29 is 9.13 Å². The molecular formula is C25H18ClFN6O3S. The molecule has 4 heterocycles. The van der Waals surface area contributed by atoms with Gasteiger partial charge in [-0.25, -0.2) is 13.8 Å². The molecule has 1 aliphatic carbocycles. The summed E-state index contributed by atoms with van der Waals surface area (Å²) in [5, 5.41) is 14.6. The molecule has 0 saturated heterocycles. The number of nitriles is 1. The van der Waals surface area contributed by atoms with E-state index in [0.29, 0.717) is 31.9 Å². The normalized spacial score (nSPS) is 13.4. The summed E-state index contributed by atoms with van der Waals surface area (Å²) in [4.78, 5) is 32.5. The average molecular weight is 537 g/mol. The van der Waals surface area contributed by atoms with E-state index in [9.17, 15) is 19.2 Å². The summed E-state index contributed by atoms with van der Waals surface area (Å²) in [5.41, 5.74) is 0.718. The van der Waals surface area contributed by atoms with E-state index in [1.54, 1.807) is 18.5 Å². The second kappa shape index (κ2) is 8.83. The van der Waals surface area contributed by atoms with Crippen LogP contribution < -0.4 is 16.0 Å². The molecule has 0 amide bonds. The van der Waals surface area contributed by atoms with Gasteiger partial charge in [-0.2, -0.15) is 10.4 Å². The molecule has 0 aliphatic heterocycles. The van der Waals surface area contributed by atoms with Gasteiger partial charge in [-0.15, -0.1) is 11.3 Å². The molecule has 0 bridgehead atoms. The molecule has 0 atom stereocenters. The number of fused-ring (bicyclic) bond motifs is 2. The minimum Gasteiger partial charge on any atom is -0.494 e. The SMILES string of the molecule is COc1cc(-c2cc3c(s2)c(=O)n(-c2cncc4cnn(C5CC5)c24)c(=O)n3CCC#N)c(Cl)cc1F. The Kier molecular flexibility index (Phi) is 5.58. The fourth-order valence-electron chi connectivity index (χ4n) is 4.49. The Morgan fingerprint density at radius 2 is 2.05 bits per heavy atom. The fourth-order valence-corrected chi connectivity index (χ4v) is 5.92. The lowest BCUT2D eigenvalue weighted by Crippen LogP contribution is -2.38. The number of hydrogen-bond donors (Lipinski definition) is 0. The highest BCUT2D eigenvalue weighted by molar-refractivity contribution is 7.22. The minimum absolute atomic E-state index is 0.00206. The molecule has 0 radical (unpaired) electrons. The van der Waals surface area contributed by atoms with E-state index in [4.69, 9.17) is 16.3 Å². The predicted molar refractivity (Wildman–Crippen MR) is 138 cm³/mol. The zero-order valence-corrected chi connectivity index (χ0v) is 21.0. The Morgan fingerprint density at radius 1 is 1.24 bits per heavy atom. The first kappa shape index (κ1) is 23.4. The molecule has 37 heavy (non-hydrogen) atoms. The van der Waals surface area contributed by atoms with Gasteiger partial charge in [0.1, 0.15) is 4.70 Å². The summed E-state index contributed by atoms with van der Waals surface area (Å²) >= 11 is 7.48. The quantitative estimate of drug-likeness (QED) is 0.312. The van der Waals surface area contributed by atoms with E-state index >= 15 is 0 Å². The van der Waals surface area contributed by atoms with Gasteiger partial charge in [0, 0.05) is 28.6 Å². The first-order chi connectivity index (χ1) is 17.9. The highest BCUT2D eigenvalue weighted by Gasteiger charge is 2.28. The molecule has 1 saturated carbocycles. The molecule has 4 aromatic heterocycles. The van der Waals surface area contributed by atoms with Crippen molar-refractivity contribution in [2.75, 3.05) is 7.11 Å². The number of aromatic nitrogens is 5. The number of methoxy groups -OCH3 is 1. The summed E-state index contributed by atoms with van der Waals surface area (Å²) in [5.74, 6) is -0.610. The number of hydrogen-bond acceptors (Lipinski definition) is 7. The molecule has 186 valence electrons. The third kappa shape index (κ3) is 3.72. The molecule has 1 aliphatic rings. The van der Waals surface area contributed by atoms with E-state index in [0.717, 1.165) is 40.2 Å². The van der Waals surface area contributed by atoms with E-state index in [2.05, 4.69) is 16.2 Å². The van der Waals surface area contributed by atoms with Crippen LogP contribution in [-0.2, 0) is 6.54 Å². The Balaban J connectivity index is 1.66. The van der Waals surface area contributed by atoms with Crippen LogP contribution >= 0.6 is 22.9 Å². The standard InChI is InChI=1S/C25H18ClFN6O3S/c1-36-20-7-15(16(26)8-17(20)27)21-9-18-23(37-21)24(34)32(25(35)31(18)6-2-5-28)19-12-29-10-13-11-30-33(22(13)19)14-3-4-14/h7-12,14H,2-4,6H2,1H3. The van der Waals surface area contributed by atoms with Crippen molar-refractivity contribution in [3.05, 3.63) is 68.5 Å². The van der Waals surface area contributed by atoms with Crippen LogP contribution in [-0.4, -0.2) is 31.0 Å². The van der Waals surface area contributed by atoms with Crippen LogP contribution in [0.4, 0.5) is 4.39 Å². The Bertz CT molecular complexity index is 1880. The van der Waals surface area contributed by atoms with E-state index in [1.165, 1.54) is 23.9 Å². The molecule has 0 spiro atoms. The van der Waals surface area contributed by atoms with Crippen molar-refractivity contribution in [2.45, 2.75) is 31.8 Å². The Hall–Kier alpha value is -4.01. The van der Waals surface area contributed by atoms with Crippen LogP contribution in [0.15, 0.2) is 46.4 Å². The van der Waals surface area contributed by atoms with Crippen molar-refractivity contribution in [1.29, 1.82) is 5.26 Å². The molecule has 5 aromatic rings. The predicted octanol–water partition coefficient (Wildman–Crippen LogP) is 4.68. The van der Waals surface area contributed by atoms with Gasteiger partial charge in [-0.3, -0.25) is 19.0 Å². The second-order valence-corrected chi connectivity index (χ2v) is 10.2. The number of halogens is 2. The smallest absolute Gasteiger partial charge is 0.336 e. The number of nitrogens with zero attached hydrogens (tertiary/aromatic N) is 6. The second-order valence-electron chi connectivity index (χ2n) is 8.69. The lowest BCUT2D eigenvalue weighted by molar-refractivity contribution is 0.387. The van der Waals surface area contributed by atoms with Crippen LogP contribution in [0.25, 0.3) is 37.2 Å². The van der Waals surface area contributed by atoms with Crippen molar-refractivity contribution in [3.63, 3.8) is 0 Å². The molecule has 6 rings (SSSR count). The van der Waals surface area contributed by atoms with Crippen molar-refractivity contribution in [2.24, 2.45) is 0 Å². The number of pyridine rings is 1. The maximum atomic E-state index is 14.2. The summed E-state index contributed by atoms with van der Waals surface area (Å²) in [7, 11) is 1.35. The first-order valence-electron chi connectivity index (χ1n) is 11.4. The number of thiophene rings is 1. The maximum Gasteiger partial charge on any atom is 0.336 e. The summed E-state index contributed by atoms with van der Waals surface area (Å²) in [6.07, 6.45) is 6.81. The van der Waals surface area contributed by atoms with E-state index in [-0.39, 0.29) is 29.8 Å². The minimum atomic E-state index is -0.612. The largest absolute Gasteiger partial charge is 0.494 e. The lowest BCUT2D eigenvalue weighted by Gasteiger charge is -2.12. The molecule has 1 fully saturated rings. The van der Waals surface area contributed by atoms with Crippen LogP contribution in [0, 0.1) is 17.1 Å². The lowest BCUT2D eigenvalue weighted by atomic mass is 10.1. The number of rotatable bonds is 6. The molecule has 9 nitrogen and oxygen atoms in total. The zero-order valence-electron chi connectivity index (χ0n) is 19.4. The molecule has 12 heteroatoms. The molecule has 0 unspecified atom stereocenters. The summed E-state index contributed by atoms with van der Waals surface area (Å²) < 4.78 is 23.9. The van der Waals surface area contributed by atoms with Crippen LogP contribution in [0.1, 0.15) is 25.3 Å². The molecule has 1 aromatic carbocycles. The van der Waals surface area contributed by atoms with Crippen molar-refractivity contribution in [3.8, 4) is 27.9 Å². The third-order valence-corrected chi connectivity index (χ3v) is 7.85. The van der Waals surface area contributed by atoms with Gasteiger partial charge in [0.25, 0.3) is 5.56 Å². The van der Waals surface area contributed by atoms with Crippen molar-refractivity contribution >= 4 is 44.1 Å². The van der Waals surface area contributed by atoms with Gasteiger partial charge >= 0.3 is 5.69 Å². The Morgan fingerprint density at radius 3 is 2.78 bits per heavy atom. The number of benzene rings is 1. The first-order valence-corrected chi connectivity index (χ1v) is 12.6. The maximum absolute atomic E-state index is 14.2.